The van der Waals surface area contributed by atoms with E-state index in [0.717, 1.165) is 37.9 Å². The summed E-state index contributed by atoms with van der Waals surface area (Å²) in [5, 5.41) is 9.25. The molecule has 3 heteroatoms. The smallest absolute Gasteiger partial charge is 0.0872 e. The number of nitrogens with zero attached hydrogens (tertiary/aromatic N) is 1. The Hall–Kier alpha value is -0.410. The largest absolute Gasteiger partial charge is 0.394 e. The van der Waals surface area contributed by atoms with Crippen LogP contribution in [0.5, 0.6) is 0 Å². The molecule has 1 atom stereocenters. The fourth-order valence-electron chi connectivity index (χ4n) is 2.47. The summed E-state index contributed by atoms with van der Waals surface area (Å²) < 4.78 is 12.2. The predicted octanol–water partition coefficient (Wildman–Crippen LogP) is 2.73. The highest BCUT2D eigenvalue weighted by molar-refractivity contribution is 5.18. The number of hydrogen-bond donors (Lipinski definition) is 1. The van der Waals surface area contributed by atoms with E-state index in [4.69, 9.17) is 0 Å². The Labute approximate surface area is 92.8 Å². The van der Waals surface area contributed by atoms with Crippen LogP contribution in [-0.4, -0.2) is 35.2 Å². The highest BCUT2D eigenvalue weighted by Crippen LogP contribution is 2.40. The van der Waals surface area contributed by atoms with Crippen LogP contribution < -0.4 is 0 Å². The lowest BCUT2D eigenvalue weighted by atomic mass is 9.94. The van der Waals surface area contributed by atoms with Crippen molar-refractivity contribution in [3.63, 3.8) is 0 Å². The average molecular weight is 217 g/mol. The van der Waals surface area contributed by atoms with Crippen LogP contribution in [0.3, 0.4) is 0 Å². The van der Waals surface area contributed by atoms with Crippen molar-refractivity contribution in [2.24, 2.45) is 0 Å². The molecule has 0 amide bonds. The minimum Gasteiger partial charge on any atom is -0.394 e. The standard InChI is InChI=1S/C9H14FNO.C2H6.CH4/c10-5-8-4-9(7-12)2-1-3-11(9)6-8;1-2;/h5,12H,1-4,6-7H2;1-2H3;1H4/b8-5-;;. The Morgan fingerprint density at radius 2 is 2.20 bits per heavy atom. The molecule has 1 unspecified atom stereocenters. The Balaban J connectivity index is 0.000000617. The minimum atomic E-state index is -0.0993. The molecule has 2 rings (SSSR count). The van der Waals surface area contributed by atoms with Crippen LogP contribution in [0.2, 0.25) is 0 Å². The second-order valence-corrected chi connectivity index (χ2v) is 3.85. The van der Waals surface area contributed by atoms with E-state index in [1.54, 1.807) is 0 Å². The zero-order chi connectivity index (χ0) is 10.6. The number of hydrogen-bond acceptors (Lipinski definition) is 2. The van der Waals surface area contributed by atoms with Gasteiger partial charge in [-0.05, 0) is 31.4 Å². The summed E-state index contributed by atoms with van der Waals surface area (Å²) in [6, 6.07) is 0. The molecule has 0 aliphatic carbocycles. The van der Waals surface area contributed by atoms with Crippen molar-refractivity contribution in [1.29, 1.82) is 0 Å². The SMILES string of the molecule is C.CC.OCC12CCCN1C/C(=C\F)C2. The van der Waals surface area contributed by atoms with Gasteiger partial charge in [-0.2, -0.15) is 0 Å². The lowest BCUT2D eigenvalue weighted by molar-refractivity contribution is 0.1000. The molecule has 2 fully saturated rings. The zero-order valence-electron chi connectivity index (χ0n) is 9.09. The Morgan fingerprint density at radius 3 is 2.67 bits per heavy atom. The van der Waals surface area contributed by atoms with E-state index in [1.807, 2.05) is 13.8 Å². The molecule has 2 aliphatic rings. The minimum absolute atomic E-state index is 0. The molecule has 0 aromatic rings. The molecule has 0 spiro atoms. The average Bonchev–Trinajstić information content (AvgIpc) is 2.76. The first kappa shape index (κ1) is 14.6. The number of rotatable bonds is 1. The van der Waals surface area contributed by atoms with Crippen molar-refractivity contribution < 1.29 is 9.50 Å². The quantitative estimate of drug-likeness (QED) is 0.730. The molecular weight excluding hydrogens is 193 g/mol. The Bertz CT molecular complexity index is 218. The van der Waals surface area contributed by atoms with Crippen LogP contribution in [0.25, 0.3) is 0 Å². The maximum atomic E-state index is 12.2. The molecule has 90 valence electrons. The second-order valence-electron chi connectivity index (χ2n) is 3.85. The monoisotopic (exact) mass is 217 g/mol. The van der Waals surface area contributed by atoms with E-state index in [0.29, 0.717) is 6.33 Å². The third-order valence-electron chi connectivity index (χ3n) is 3.14. The van der Waals surface area contributed by atoms with Gasteiger partial charge in [0.2, 0.25) is 0 Å². The van der Waals surface area contributed by atoms with E-state index in [2.05, 4.69) is 4.90 Å². The summed E-state index contributed by atoms with van der Waals surface area (Å²) in [6.45, 7) is 5.90. The van der Waals surface area contributed by atoms with Gasteiger partial charge in [0.25, 0.3) is 0 Å². The maximum Gasteiger partial charge on any atom is 0.0872 e. The highest BCUT2D eigenvalue weighted by atomic mass is 19.1. The first-order valence-electron chi connectivity index (χ1n) is 5.45. The summed E-state index contributed by atoms with van der Waals surface area (Å²) in [5.41, 5.74) is 0.738. The van der Waals surface area contributed by atoms with Gasteiger partial charge in [-0.3, -0.25) is 4.90 Å². The number of aliphatic hydroxyl groups is 1. The molecule has 0 bridgehead atoms. The van der Waals surface area contributed by atoms with E-state index >= 15 is 0 Å². The number of aliphatic hydroxyl groups excluding tert-OH is 1. The fraction of sp³-hybridized carbons (Fsp3) is 0.833. The molecule has 2 saturated heterocycles. The molecule has 1 N–H and O–H groups in total. The van der Waals surface area contributed by atoms with E-state index < -0.39 is 0 Å². The van der Waals surface area contributed by atoms with Crippen molar-refractivity contribution in [3.05, 3.63) is 11.9 Å². The lowest BCUT2D eigenvalue weighted by Crippen LogP contribution is -2.41. The summed E-state index contributed by atoms with van der Waals surface area (Å²) in [6.07, 6.45) is 3.58. The van der Waals surface area contributed by atoms with Crippen molar-refractivity contribution in [2.45, 2.75) is 46.1 Å². The van der Waals surface area contributed by atoms with Crippen LogP contribution in [0.1, 0.15) is 40.5 Å². The second kappa shape index (κ2) is 6.23. The third-order valence-corrected chi connectivity index (χ3v) is 3.14. The van der Waals surface area contributed by atoms with Gasteiger partial charge in [-0.1, -0.05) is 21.3 Å². The normalized spacial score (nSPS) is 31.9. The van der Waals surface area contributed by atoms with Crippen LogP contribution >= 0.6 is 0 Å². The van der Waals surface area contributed by atoms with Gasteiger partial charge in [-0.15, -0.1) is 0 Å². The van der Waals surface area contributed by atoms with Crippen LogP contribution in [0.4, 0.5) is 4.39 Å². The van der Waals surface area contributed by atoms with Gasteiger partial charge in [0.15, 0.2) is 0 Å². The van der Waals surface area contributed by atoms with Gasteiger partial charge in [0.05, 0.1) is 12.9 Å². The van der Waals surface area contributed by atoms with Crippen molar-refractivity contribution in [1.82, 2.24) is 4.90 Å². The van der Waals surface area contributed by atoms with Crippen LogP contribution in [0, 0.1) is 0 Å². The summed E-state index contributed by atoms with van der Waals surface area (Å²) in [7, 11) is 0. The maximum absolute atomic E-state index is 12.2. The van der Waals surface area contributed by atoms with Gasteiger partial charge in [-0.25, -0.2) is 4.39 Å². The summed E-state index contributed by atoms with van der Waals surface area (Å²) in [4.78, 5) is 2.21. The van der Waals surface area contributed by atoms with E-state index in [9.17, 15) is 9.50 Å². The molecule has 0 aromatic heterocycles. The number of halogens is 1. The summed E-state index contributed by atoms with van der Waals surface area (Å²) >= 11 is 0. The zero-order valence-corrected chi connectivity index (χ0v) is 9.09. The lowest BCUT2D eigenvalue weighted by Gasteiger charge is -2.28. The predicted molar refractivity (Wildman–Crippen MR) is 62.5 cm³/mol. The van der Waals surface area contributed by atoms with E-state index in [1.165, 1.54) is 0 Å². The molecule has 2 nitrogen and oxygen atoms in total. The van der Waals surface area contributed by atoms with Crippen molar-refractivity contribution >= 4 is 0 Å². The molecule has 2 aliphatic heterocycles. The molecule has 15 heavy (non-hydrogen) atoms. The molecule has 2 heterocycles. The topological polar surface area (TPSA) is 23.5 Å². The van der Waals surface area contributed by atoms with Gasteiger partial charge >= 0.3 is 0 Å². The molecule has 0 radical (unpaired) electrons. The van der Waals surface area contributed by atoms with E-state index in [-0.39, 0.29) is 19.6 Å². The third kappa shape index (κ3) is 2.58. The van der Waals surface area contributed by atoms with Gasteiger partial charge in [0.1, 0.15) is 0 Å². The van der Waals surface area contributed by atoms with Crippen molar-refractivity contribution in [2.75, 3.05) is 19.7 Å². The van der Waals surface area contributed by atoms with Crippen LogP contribution in [0.15, 0.2) is 11.9 Å². The highest BCUT2D eigenvalue weighted by Gasteiger charge is 2.45. The Kier molecular flexibility index (Phi) is 6.06. The molecule has 0 saturated carbocycles. The first-order valence-corrected chi connectivity index (χ1v) is 5.45. The van der Waals surface area contributed by atoms with Crippen LogP contribution in [-0.2, 0) is 0 Å². The number of fused-ring (bicyclic) bond motifs is 1. The molecule has 0 aromatic carbocycles. The fourth-order valence-corrected chi connectivity index (χ4v) is 2.47. The first-order chi connectivity index (χ1) is 6.80. The van der Waals surface area contributed by atoms with Gasteiger partial charge in [0, 0.05) is 12.1 Å². The van der Waals surface area contributed by atoms with Crippen molar-refractivity contribution in [3.8, 4) is 0 Å². The summed E-state index contributed by atoms with van der Waals surface area (Å²) in [5.74, 6) is 0. The molecular formula is C12H24FNO. The Morgan fingerprint density at radius 1 is 1.53 bits per heavy atom. The van der Waals surface area contributed by atoms with Gasteiger partial charge < -0.3 is 5.11 Å².